The van der Waals surface area contributed by atoms with Crippen molar-refractivity contribution in [1.82, 2.24) is 5.32 Å². The molecule has 2 rings (SSSR count). The van der Waals surface area contributed by atoms with Crippen molar-refractivity contribution < 1.29 is 13.9 Å². The molecule has 0 radical (unpaired) electrons. The Kier molecular flexibility index (Phi) is 6.37. The monoisotopic (exact) mass is 307 g/mol. The van der Waals surface area contributed by atoms with Gasteiger partial charge in [0.15, 0.2) is 0 Å². The Labute approximate surface area is 132 Å². The highest BCUT2D eigenvalue weighted by molar-refractivity contribution is 5.75. The van der Waals surface area contributed by atoms with Crippen molar-refractivity contribution in [2.45, 2.75) is 45.6 Å². The van der Waals surface area contributed by atoms with Crippen LogP contribution < -0.4 is 5.32 Å². The molecule has 0 aromatic heterocycles. The first-order valence-electron chi connectivity index (χ1n) is 8.20. The standard InChI is InChI=1S/C18H26FNO2/c1-13(2)4-3-5-17(21)20-12-15-10-11-22-18(15)14-6-8-16(19)9-7-14/h6-9,13,15,18H,3-5,10-12H2,1-2H3,(H,20,21)/t15-,18-/m0/s1. The topological polar surface area (TPSA) is 38.3 Å². The van der Waals surface area contributed by atoms with Gasteiger partial charge in [-0.15, -0.1) is 0 Å². The highest BCUT2D eigenvalue weighted by Crippen LogP contribution is 2.34. The number of nitrogens with one attached hydrogen (secondary N) is 1. The van der Waals surface area contributed by atoms with Crippen molar-refractivity contribution in [3.05, 3.63) is 35.6 Å². The molecular weight excluding hydrogens is 281 g/mol. The van der Waals surface area contributed by atoms with E-state index in [-0.39, 0.29) is 23.7 Å². The Balaban J connectivity index is 1.79. The number of ether oxygens (including phenoxy) is 1. The summed E-state index contributed by atoms with van der Waals surface area (Å²) in [6, 6.07) is 6.45. The molecule has 1 aliphatic rings. The summed E-state index contributed by atoms with van der Waals surface area (Å²) in [5, 5.41) is 3.02. The molecule has 0 aliphatic carbocycles. The Morgan fingerprint density at radius 3 is 2.77 bits per heavy atom. The highest BCUT2D eigenvalue weighted by Gasteiger charge is 2.29. The van der Waals surface area contributed by atoms with Crippen LogP contribution in [-0.2, 0) is 9.53 Å². The lowest BCUT2D eigenvalue weighted by molar-refractivity contribution is -0.121. The predicted octanol–water partition coefficient (Wildman–Crippen LogP) is 3.85. The number of halogens is 1. The molecule has 1 fully saturated rings. The van der Waals surface area contributed by atoms with Gasteiger partial charge in [0, 0.05) is 25.5 Å². The minimum atomic E-state index is -0.239. The fourth-order valence-electron chi connectivity index (χ4n) is 2.87. The third-order valence-corrected chi connectivity index (χ3v) is 4.16. The van der Waals surface area contributed by atoms with Crippen molar-refractivity contribution in [2.24, 2.45) is 11.8 Å². The number of amides is 1. The average Bonchev–Trinajstić information content (AvgIpc) is 2.94. The first-order valence-corrected chi connectivity index (χ1v) is 8.20. The lowest BCUT2D eigenvalue weighted by Gasteiger charge is -2.19. The molecule has 1 aliphatic heterocycles. The molecule has 1 heterocycles. The number of hydrogen-bond acceptors (Lipinski definition) is 2. The first kappa shape index (κ1) is 16.9. The predicted molar refractivity (Wildman–Crippen MR) is 84.9 cm³/mol. The number of rotatable bonds is 7. The SMILES string of the molecule is CC(C)CCCC(=O)NC[C@@H]1CCO[C@H]1c1ccc(F)cc1. The van der Waals surface area contributed by atoms with Gasteiger partial charge in [0.05, 0.1) is 6.10 Å². The van der Waals surface area contributed by atoms with Gasteiger partial charge in [0.2, 0.25) is 5.91 Å². The second-order valence-electron chi connectivity index (χ2n) is 6.48. The smallest absolute Gasteiger partial charge is 0.220 e. The van der Waals surface area contributed by atoms with E-state index in [2.05, 4.69) is 19.2 Å². The summed E-state index contributed by atoms with van der Waals surface area (Å²) < 4.78 is 18.8. The van der Waals surface area contributed by atoms with Crippen molar-refractivity contribution in [1.29, 1.82) is 0 Å². The Morgan fingerprint density at radius 2 is 2.09 bits per heavy atom. The van der Waals surface area contributed by atoms with E-state index in [1.54, 1.807) is 12.1 Å². The molecule has 1 saturated heterocycles. The third kappa shape index (κ3) is 5.09. The molecule has 1 amide bonds. The normalized spacial score (nSPS) is 21.3. The summed E-state index contributed by atoms with van der Waals surface area (Å²) in [6.07, 6.45) is 3.49. The molecule has 2 atom stereocenters. The fraction of sp³-hybridized carbons (Fsp3) is 0.611. The van der Waals surface area contributed by atoms with Gasteiger partial charge in [0.25, 0.3) is 0 Å². The van der Waals surface area contributed by atoms with Crippen LogP contribution >= 0.6 is 0 Å². The van der Waals surface area contributed by atoms with Gasteiger partial charge in [-0.1, -0.05) is 32.4 Å². The molecule has 122 valence electrons. The zero-order valence-electron chi connectivity index (χ0n) is 13.5. The number of carbonyl (C=O) groups excluding carboxylic acids is 1. The molecule has 1 N–H and O–H groups in total. The van der Waals surface area contributed by atoms with Crippen LogP contribution in [0.4, 0.5) is 4.39 Å². The third-order valence-electron chi connectivity index (χ3n) is 4.16. The highest BCUT2D eigenvalue weighted by atomic mass is 19.1. The Morgan fingerprint density at radius 1 is 1.36 bits per heavy atom. The van der Waals surface area contributed by atoms with Crippen molar-refractivity contribution in [2.75, 3.05) is 13.2 Å². The first-order chi connectivity index (χ1) is 10.6. The Bertz CT molecular complexity index is 472. The van der Waals surface area contributed by atoms with E-state index in [1.807, 2.05) is 0 Å². The van der Waals surface area contributed by atoms with Crippen LogP contribution in [0.3, 0.4) is 0 Å². The summed E-state index contributed by atoms with van der Waals surface area (Å²) in [4.78, 5) is 11.9. The van der Waals surface area contributed by atoms with E-state index in [0.29, 0.717) is 25.5 Å². The summed E-state index contributed by atoms with van der Waals surface area (Å²) in [5.41, 5.74) is 0.984. The quantitative estimate of drug-likeness (QED) is 0.831. The second kappa shape index (κ2) is 8.28. The van der Waals surface area contributed by atoms with Crippen LogP contribution in [0.2, 0.25) is 0 Å². The second-order valence-corrected chi connectivity index (χ2v) is 6.48. The van der Waals surface area contributed by atoms with Crippen LogP contribution in [0.15, 0.2) is 24.3 Å². The number of hydrogen-bond donors (Lipinski definition) is 1. The lowest BCUT2D eigenvalue weighted by atomic mass is 9.95. The molecule has 1 aromatic rings. The van der Waals surface area contributed by atoms with Gasteiger partial charge >= 0.3 is 0 Å². The van der Waals surface area contributed by atoms with E-state index in [9.17, 15) is 9.18 Å². The van der Waals surface area contributed by atoms with Gasteiger partial charge in [-0.2, -0.15) is 0 Å². The van der Waals surface area contributed by atoms with E-state index >= 15 is 0 Å². The van der Waals surface area contributed by atoms with Crippen LogP contribution in [0.25, 0.3) is 0 Å². The van der Waals surface area contributed by atoms with Gasteiger partial charge < -0.3 is 10.1 Å². The van der Waals surface area contributed by atoms with Gasteiger partial charge in [0.1, 0.15) is 5.82 Å². The van der Waals surface area contributed by atoms with Crippen LogP contribution in [-0.4, -0.2) is 19.1 Å². The maximum atomic E-state index is 13.0. The maximum Gasteiger partial charge on any atom is 0.220 e. The summed E-state index contributed by atoms with van der Waals surface area (Å²) in [5.74, 6) is 0.778. The van der Waals surface area contributed by atoms with Crippen LogP contribution in [0, 0.1) is 17.7 Å². The zero-order chi connectivity index (χ0) is 15.9. The molecule has 3 nitrogen and oxygen atoms in total. The van der Waals surface area contributed by atoms with Crippen LogP contribution in [0.1, 0.15) is 51.2 Å². The van der Waals surface area contributed by atoms with E-state index in [1.165, 1.54) is 12.1 Å². The summed E-state index contributed by atoms with van der Waals surface area (Å²) >= 11 is 0. The minimum Gasteiger partial charge on any atom is -0.373 e. The van der Waals surface area contributed by atoms with E-state index in [4.69, 9.17) is 4.74 Å². The van der Waals surface area contributed by atoms with Gasteiger partial charge in [-0.05, 0) is 36.5 Å². The Hall–Kier alpha value is -1.42. The van der Waals surface area contributed by atoms with Crippen molar-refractivity contribution in [3.8, 4) is 0 Å². The molecule has 4 heteroatoms. The molecule has 0 spiro atoms. The van der Waals surface area contributed by atoms with E-state index < -0.39 is 0 Å². The van der Waals surface area contributed by atoms with Crippen molar-refractivity contribution >= 4 is 5.91 Å². The summed E-state index contributed by atoms with van der Waals surface area (Å²) in [7, 11) is 0. The molecule has 0 bridgehead atoms. The molecule has 1 aromatic carbocycles. The van der Waals surface area contributed by atoms with E-state index in [0.717, 1.165) is 24.8 Å². The largest absolute Gasteiger partial charge is 0.373 e. The molecule has 0 unspecified atom stereocenters. The van der Waals surface area contributed by atoms with Gasteiger partial charge in [-0.25, -0.2) is 4.39 Å². The molecule has 22 heavy (non-hydrogen) atoms. The average molecular weight is 307 g/mol. The maximum absolute atomic E-state index is 13.0. The number of carbonyl (C=O) groups is 1. The van der Waals surface area contributed by atoms with Crippen molar-refractivity contribution in [3.63, 3.8) is 0 Å². The minimum absolute atomic E-state index is 0.0448. The number of benzene rings is 1. The fourth-order valence-corrected chi connectivity index (χ4v) is 2.87. The molecule has 0 saturated carbocycles. The lowest BCUT2D eigenvalue weighted by Crippen LogP contribution is -2.30. The summed E-state index contributed by atoms with van der Waals surface area (Å²) in [6.45, 7) is 5.65. The van der Waals surface area contributed by atoms with Gasteiger partial charge in [-0.3, -0.25) is 4.79 Å². The molecular formula is C18H26FNO2. The zero-order valence-corrected chi connectivity index (χ0v) is 13.5. The van der Waals surface area contributed by atoms with Crippen LogP contribution in [0.5, 0.6) is 0 Å².